The molecule has 2 aromatic heterocycles. The van der Waals surface area contributed by atoms with Crippen LogP contribution in [-0.4, -0.2) is 23.7 Å². The smallest absolute Gasteiger partial charge is 0.260 e. The van der Waals surface area contributed by atoms with Crippen LogP contribution < -0.4 is 4.72 Å². The van der Waals surface area contributed by atoms with Gasteiger partial charge in [0.25, 0.3) is 10.0 Å². The Balaban J connectivity index is 2.31. The van der Waals surface area contributed by atoms with E-state index >= 15 is 0 Å². The molecule has 3 N–H and O–H groups in total. The number of aryl methyl sites for hydroxylation is 3. The summed E-state index contributed by atoms with van der Waals surface area (Å²) in [6.07, 6.45) is 0. The summed E-state index contributed by atoms with van der Waals surface area (Å²) in [4.78, 5) is 2.23. The molecule has 0 aliphatic rings. The van der Waals surface area contributed by atoms with Crippen molar-refractivity contribution in [3.05, 3.63) is 32.6 Å². The molecule has 0 amide bonds. The fourth-order valence-corrected chi connectivity index (χ4v) is 4.71. The Morgan fingerprint density at radius 2 is 2.10 bits per heavy atom. The number of nitrogens with zero attached hydrogens (tertiary/aromatic N) is 1. The van der Waals surface area contributed by atoms with Gasteiger partial charge in [-0.3, -0.25) is 5.10 Å². The van der Waals surface area contributed by atoms with Crippen molar-refractivity contribution in [3.8, 4) is 0 Å². The molecule has 0 fully saturated rings. The van der Waals surface area contributed by atoms with Gasteiger partial charge in [0.05, 0.1) is 6.61 Å². The Hall–Kier alpha value is -1.22. The maximum Gasteiger partial charge on any atom is 0.260 e. The molecule has 0 aliphatic heterocycles. The summed E-state index contributed by atoms with van der Waals surface area (Å²) in [5.41, 5.74) is 1.81. The highest BCUT2D eigenvalue weighted by Gasteiger charge is 2.26. The maximum atomic E-state index is 12.4. The average Bonchev–Trinajstić information content (AvgIpc) is 2.91. The first-order chi connectivity index (χ1) is 9.76. The number of rotatable bonds is 5. The minimum Gasteiger partial charge on any atom is -0.392 e. The van der Waals surface area contributed by atoms with Crippen molar-refractivity contribution in [3.63, 3.8) is 0 Å². The summed E-state index contributed by atoms with van der Waals surface area (Å²) in [6.45, 7) is 7.06. The molecule has 116 valence electrons. The number of hydrogen-bond acceptors (Lipinski definition) is 5. The monoisotopic (exact) mass is 329 g/mol. The molecule has 0 aromatic carbocycles. The third-order valence-corrected chi connectivity index (χ3v) is 5.82. The average molecular weight is 329 g/mol. The van der Waals surface area contributed by atoms with Gasteiger partial charge in [-0.1, -0.05) is 0 Å². The number of thiophene rings is 1. The number of hydrogen-bond donors (Lipinski definition) is 3. The zero-order chi connectivity index (χ0) is 15.8. The van der Waals surface area contributed by atoms with Crippen LogP contribution in [0.5, 0.6) is 0 Å². The van der Waals surface area contributed by atoms with Crippen LogP contribution >= 0.6 is 11.3 Å². The summed E-state index contributed by atoms with van der Waals surface area (Å²) < 4.78 is 27.5. The molecule has 0 bridgehead atoms. The van der Waals surface area contributed by atoms with Gasteiger partial charge >= 0.3 is 0 Å². The largest absolute Gasteiger partial charge is 0.392 e. The van der Waals surface area contributed by atoms with Gasteiger partial charge in [0.1, 0.15) is 0 Å². The minimum atomic E-state index is -3.78. The predicted octanol–water partition coefficient (Wildman–Crippen LogP) is 1.93. The van der Waals surface area contributed by atoms with Crippen LogP contribution in [0.2, 0.25) is 0 Å². The van der Waals surface area contributed by atoms with Crippen molar-refractivity contribution in [2.75, 3.05) is 0 Å². The number of aromatic nitrogens is 2. The van der Waals surface area contributed by atoms with Gasteiger partial charge < -0.3 is 5.11 Å². The summed E-state index contributed by atoms with van der Waals surface area (Å²) in [6, 6.07) is 1.62. The molecule has 0 saturated carbocycles. The van der Waals surface area contributed by atoms with Crippen LogP contribution in [-0.2, 0) is 16.6 Å². The lowest BCUT2D eigenvalue weighted by Crippen LogP contribution is -2.28. The molecule has 2 heterocycles. The van der Waals surface area contributed by atoms with Crippen LogP contribution in [0.1, 0.15) is 39.5 Å². The highest BCUT2D eigenvalue weighted by atomic mass is 32.2. The zero-order valence-electron chi connectivity index (χ0n) is 12.4. The molecule has 0 aliphatic carbocycles. The zero-order valence-corrected chi connectivity index (χ0v) is 14.0. The normalized spacial score (nSPS) is 13.6. The molecule has 21 heavy (non-hydrogen) atoms. The molecule has 0 saturated heterocycles. The van der Waals surface area contributed by atoms with Gasteiger partial charge in [0.2, 0.25) is 0 Å². The van der Waals surface area contributed by atoms with E-state index in [1.54, 1.807) is 25.2 Å². The third kappa shape index (κ3) is 3.18. The van der Waals surface area contributed by atoms with Gasteiger partial charge in [0, 0.05) is 27.1 Å². The molecule has 1 unspecified atom stereocenters. The molecule has 0 radical (unpaired) electrons. The van der Waals surface area contributed by atoms with Crippen molar-refractivity contribution in [1.82, 2.24) is 14.9 Å². The van der Waals surface area contributed by atoms with Gasteiger partial charge in [-0.25, -0.2) is 13.1 Å². The number of aliphatic hydroxyl groups excluding tert-OH is 1. The number of aliphatic hydroxyl groups is 1. The summed E-state index contributed by atoms with van der Waals surface area (Å²) in [5.74, 6) is 0. The number of sulfonamides is 1. The first-order valence-corrected chi connectivity index (χ1v) is 8.80. The number of nitrogens with one attached hydrogen (secondary N) is 2. The maximum absolute atomic E-state index is 12.4. The van der Waals surface area contributed by atoms with Gasteiger partial charge in [-0.05, 0) is 39.3 Å². The van der Waals surface area contributed by atoms with Crippen molar-refractivity contribution in [1.29, 1.82) is 0 Å². The first kappa shape index (κ1) is 16.2. The Labute approximate surface area is 128 Å². The number of aromatic amines is 1. The van der Waals surface area contributed by atoms with E-state index in [2.05, 4.69) is 14.9 Å². The molecular weight excluding hydrogens is 310 g/mol. The van der Waals surface area contributed by atoms with Gasteiger partial charge in [-0.2, -0.15) is 5.10 Å². The van der Waals surface area contributed by atoms with E-state index in [1.165, 1.54) is 0 Å². The highest BCUT2D eigenvalue weighted by molar-refractivity contribution is 7.89. The lowest BCUT2D eigenvalue weighted by Gasteiger charge is -2.13. The summed E-state index contributed by atoms with van der Waals surface area (Å²) >= 11 is 1.63. The fourth-order valence-electron chi connectivity index (χ4n) is 2.27. The predicted molar refractivity (Wildman–Crippen MR) is 81.8 cm³/mol. The van der Waals surface area contributed by atoms with E-state index in [1.807, 2.05) is 19.9 Å². The van der Waals surface area contributed by atoms with Crippen molar-refractivity contribution < 1.29 is 13.5 Å². The van der Waals surface area contributed by atoms with Crippen LogP contribution in [0.4, 0.5) is 0 Å². The van der Waals surface area contributed by atoms with Crippen LogP contribution in [0.3, 0.4) is 0 Å². The SMILES string of the molecule is Cc1cc(C(C)NS(=O)(=O)c2n[nH]c(C)c2CO)c(C)s1. The van der Waals surface area contributed by atoms with E-state index in [0.29, 0.717) is 11.3 Å². The quantitative estimate of drug-likeness (QED) is 0.781. The lowest BCUT2D eigenvalue weighted by atomic mass is 10.1. The van der Waals surface area contributed by atoms with E-state index in [-0.39, 0.29) is 17.7 Å². The van der Waals surface area contributed by atoms with E-state index in [4.69, 9.17) is 0 Å². The molecular formula is C13H19N3O3S2. The second-order valence-corrected chi connectivity index (χ2v) is 8.09. The standard InChI is InChI=1S/C13H19N3O3S2/c1-7-5-11(10(4)20-7)9(3)16-21(18,19)13-12(6-17)8(2)14-15-13/h5,9,16-17H,6H2,1-4H3,(H,14,15). The summed E-state index contributed by atoms with van der Waals surface area (Å²) in [5, 5.41) is 15.6. The van der Waals surface area contributed by atoms with Crippen molar-refractivity contribution >= 4 is 21.4 Å². The molecule has 1 atom stereocenters. The first-order valence-electron chi connectivity index (χ1n) is 6.50. The van der Waals surface area contributed by atoms with Crippen molar-refractivity contribution in [2.24, 2.45) is 0 Å². The fraction of sp³-hybridized carbons (Fsp3) is 0.462. The second kappa shape index (κ2) is 5.88. The van der Waals surface area contributed by atoms with Crippen molar-refractivity contribution in [2.45, 2.75) is 45.4 Å². The molecule has 2 rings (SSSR count). The Morgan fingerprint density at radius 3 is 2.62 bits per heavy atom. The lowest BCUT2D eigenvalue weighted by molar-refractivity contribution is 0.277. The molecule has 0 spiro atoms. The van der Waals surface area contributed by atoms with Crippen LogP contribution in [0, 0.1) is 20.8 Å². The second-order valence-electron chi connectivity index (χ2n) is 5.00. The van der Waals surface area contributed by atoms with Crippen LogP contribution in [0.25, 0.3) is 0 Å². The summed E-state index contributed by atoms with van der Waals surface area (Å²) in [7, 11) is -3.78. The van der Waals surface area contributed by atoms with Gasteiger partial charge in [-0.15, -0.1) is 11.3 Å². The Morgan fingerprint density at radius 1 is 1.43 bits per heavy atom. The molecule has 8 heteroatoms. The molecule has 2 aromatic rings. The van der Waals surface area contributed by atoms with Gasteiger partial charge in [0.15, 0.2) is 5.03 Å². The number of H-pyrrole nitrogens is 1. The highest BCUT2D eigenvalue weighted by Crippen LogP contribution is 2.27. The topological polar surface area (TPSA) is 95.1 Å². The van der Waals surface area contributed by atoms with E-state index in [9.17, 15) is 13.5 Å². The third-order valence-electron chi connectivity index (χ3n) is 3.33. The Kier molecular flexibility index (Phi) is 4.52. The van der Waals surface area contributed by atoms with Crippen LogP contribution in [0.15, 0.2) is 11.1 Å². The van der Waals surface area contributed by atoms with E-state index < -0.39 is 10.0 Å². The van der Waals surface area contributed by atoms with E-state index in [0.717, 1.165) is 15.3 Å². The Bertz CT molecular complexity index is 747. The molecule has 6 nitrogen and oxygen atoms in total. The minimum absolute atomic E-state index is 0.140.